The summed E-state index contributed by atoms with van der Waals surface area (Å²) in [5.74, 6) is 1.32. The number of nitrogens with zero attached hydrogens (tertiary/aromatic N) is 5. The van der Waals surface area contributed by atoms with Crippen LogP contribution < -0.4 is 0 Å². The van der Waals surface area contributed by atoms with Crippen molar-refractivity contribution in [3.63, 3.8) is 0 Å². The SMILES string of the molecule is Cc1noc(C)c1-c1ccc(C2CCCN(Cc3ccn(C)n3)C2)nc1. The quantitative estimate of drug-likeness (QED) is 0.720. The maximum Gasteiger partial charge on any atom is 0.141 e. The van der Waals surface area contributed by atoms with Gasteiger partial charge in [0.1, 0.15) is 5.76 Å². The van der Waals surface area contributed by atoms with Gasteiger partial charge in [0.05, 0.1) is 11.4 Å². The van der Waals surface area contributed by atoms with E-state index in [4.69, 9.17) is 9.51 Å². The first-order chi connectivity index (χ1) is 12.6. The van der Waals surface area contributed by atoms with E-state index in [0.29, 0.717) is 5.92 Å². The van der Waals surface area contributed by atoms with Crippen LogP contribution in [-0.4, -0.2) is 37.9 Å². The molecule has 0 spiro atoms. The van der Waals surface area contributed by atoms with E-state index < -0.39 is 0 Å². The fraction of sp³-hybridized carbons (Fsp3) is 0.450. The first kappa shape index (κ1) is 17.0. The second-order valence-corrected chi connectivity index (χ2v) is 7.23. The average molecular weight is 351 g/mol. The summed E-state index contributed by atoms with van der Waals surface area (Å²) in [7, 11) is 1.97. The Kier molecular flexibility index (Phi) is 4.59. The summed E-state index contributed by atoms with van der Waals surface area (Å²) in [5.41, 5.74) is 5.35. The summed E-state index contributed by atoms with van der Waals surface area (Å²) in [6.07, 6.45) is 6.35. The Morgan fingerprint density at radius 3 is 2.77 bits per heavy atom. The number of piperidine rings is 1. The summed E-state index contributed by atoms with van der Waals surface area (Å²) >= 11 is 0. The smallest absolute Gasteiger partial charge is 0.141 e. The van der Waals surface area contributed by atoms with Crippen molar-refractivity contribution in [1.29, 1.82) is 0 Å². The predicted molar refractivity (Wildman–Crippen MR) is 99.7 cm³/mol. The van der Waals surface area contributed by atoms with Gasteiger partial charge in [-0.3, -0.25) is 14.6 Å². The minimum absolute atomic E-state index is 0.478. The molecule has 0 amide bonds. The zero-order valence-electron chi connectivity index (χ0n) is 15.6. The van der Waals surface area contributed by atoms with Gasteiger partial charge in [0.25, 0.3) is 0 Å². The van der Waals surface area contributed by atoms with Crippen LogP contribution in [0.25, 0.3) is 11.1 Å². The molecule has 4 heterocycles. The highest BCUT2D eigenvalue weighted by Crippen LogP contribution is 2.30. The van der Waals surface area contributed by atoms with Gasteiger partial charge >= 0.3 is 0 Å². The molecule has 0 aliphatic carbocycles. The van der Waals surface area contributed by atoms with E-state index in [9.17, 15) is 0 Å². The summed E-state index contributed by atoms with van der Waals surface area (Å²) in [6, 6.07) is 6.41. The van der Waals surface area contributed by atoms with Gasteiger partial charge in [-0.25, -0.2) is 0 Å². The zero-order valence-corrected chi connectivity index (χ0v) is 15.6. The topological polar surface area (TPSA) is 60.0 Å². The number of pyridine rings is 1. The van der Waals surface area contributed by atoms with E-state index in [1.807, 2.05) is 38.0 Å². The summed E-state index contributed by atoms with van der Waals surface area (Å²) in [4.78, 5) is 7.26. The first-order valence-corrected chi connectivity index (χ1v) is 9.20. The standard InChI is InChI=1S/C20H25N5O/c1-14-20(15(2)26-23-14)16-6-7-19(21-11-16)17-5-4-9-25(12-17)13-18-8-10-24(3)22-18/h6-8,10-11,17H,4-5,9,12-13H2,1-3H3. The van der Waals surface area contributed by atoms with Crippen LogP contribution in [0.2, 0.25) is 0 Å². The highest BCUT2D eigenvalue weighted by Gasteiger charge is 2.23. The lowest BCUT2D eigenvalue weighted by Crippen LogP contribution is -2.34. The fourth-order valence-electron chi connectivity index (χ4n) is 3.91. The molecular weight excluding hydrogens is 326 g/mol. The normalized spacial score (nSPS) is 18.3. The lowest BCUT2D eigenvalue weighted by molar-refractivity contribution is 0.196. The van der Waals surface area contributed by atoms with Crippen LogP contribution in [-0.2, 0) is 13.6 Å². The summed E-state index contributed by atoms with van der Waals surface area (Å²) in [5, 5.41) is 8.54. The largest absolute Gasteiger partial charge is 0.361 e. The van der Waals surface area contributed by atoms with Gasteiger partial charge in [-0.15, -0.1) is 0 Å². The zero-order chi connectivity index (χ0) is 18.1. The summed E-state index contributed by atoms with van der Waals surface area (Å²) in [6.45, 7) is 6.99. The number of rotatable bonds is 4. The van der Waals surface area contributed by atoms with Crippen molar-refractivity contribution in [3.8, 4) is 11.1 Å². The van der Waals surface area contributed by atoms with Crippen molar-refractivity contribution >= 4 is 0 Å². The van der Waals surface area contributed by atoms with E-state index in [1.54, 1.807) is 0 Å². The Bertz CT molecular complexity index is 861. The van der Waals surface area contributed by atoms with Crippen LogP contribution in [0.1, 0.15) is 41.6 Å². The Hall–Kier alpha value is -2.47. The van der Waals surface area contributed by atoms with Gasteiger partial charge in [0, 0.05) is 55.3 Å². The predicted octanol–water partition coefficient (Wildman–Crippen LogP) is 3.47. The van der Waals surface area contributed by atoms with Gasteiger partial charge in [0.15, 0.2) is 0 Å². The van der Waals surface area contributed by atoms with E-state index >= 15 is 0 Å². The lowest BCUT2D eigenvalue weighted by Gasteiger charge is -2.32. The highest BCUT2D eigenvalue weighted by atomic mass is 16.5. The van der Waals surface area contributed by atoms with E-state index in [2.05, 4.69) is 33.4 Å². The molecular formula is C20H25N5O. The van der Waals surface area contributed by atoms with Crippen molar-refractivity contribution < 1.29 is 4.52 Å². The summed E-state index contributed by atoms with van der Waals surface area (Å²) < 4.78 is 7.14. The van der Waals surface area contributed by atoms with E-state index in [0.717, 1.165) is 47.9 Å². The van der Waals surface area contributed by atoms with Gasteiger partial charge in [-0.05, 0) is 45.4 Å². The van der Waals surface area contributed by atoms with E-state index in [1.165, 1.54) is 18.5 Å². The molecule has 3 aromatic rings. The van der Waals surface area contributed by atoms with Crippen LogP contribution in [0.5, 0.6) is 0 Å². The van der Waals surface area contributed by atoms with Crippen LogP contribution in [0.15, 0.2) is 35.1 Å². The van der Waals surface area contributed by atoms with Gasteiger partial charge in [-0.2, -0.15) is 5.10 Å². The van der Waals surface area contributed by atoms with Gasteiger partial charge in [-0.1, -0.05) is 11.2 Å². The third-order valence-corrected chi connectivity index (χ3v) is 5.19. The minimum Gasteiger partial charge on any atom is -0.361 e. The third-order valence-electron chi connectivity index (χ3n) is 5.19. The first-order valence-electron chi connectivity index (χ1n) is 9.20. The van der Waals surface area contributed by atoms with Gasteiger partial charge < -0.3 is 4.52 Å². The minimum atomic E-state index is 0.478. The van der Waals surface area contributed by atoms with Crippen molar-refractivity contribution in [2.75, 3.05) is 13.1 Å². The maximum absolute atomic E-state index is 5.28. The Morgan fingerprint density at radius 2 is 2.12 bits per heavy atom. The van der Waals surface area contributed by atoms with Gasteiger partial charge in [0.2, 0.25) is 0 Å². The molecule has 1 unspecified atom stereocenters. The van der Waals surface area contributed by atoms with Crippen molar-refractivity contribution in [1.82, 2.24) is 24.8 Å². The highest BCUT2D eigenvalue weighted by molar-refractivity contribution is 5.66. The molecule has 1 aliphatic heterocycles. The molecule has 0 N–H and O–H groups in total. The molecule has 26 heavy (non-hydrogen) atoms. The molecule has 6 heteroatoms. The molecule has 0 aromatic carbocycles. The van der Waals surface area contributed by atoms with Crippen LogP contribution >= 0.6 is 0 Å². The van der Waals surface area contributed by atoms with Crippen LogP contribution in [0.3, 0.4) is 0 Å². The molecule has 1 atom stereocenters. The number of aryl methyl sites for hydroxylation is 3. The monoisotopic (exact) mass is 351 g/mol. The second-order valence-electron chi connectivity index (χ2n) is 7.23. The maximum atomic E-state index is 5.28. The Morgan fingerprint density at radius 1 is 1.23 bits per heavy atom. The molecule has 3 aromatic heterocycles. The molecule has 136 valence electrons. The second kappa shape index (κ2) is 7.03. The average Bonchev–Trinajstić information content (AvgIpc) is 3.20. The Labute approximate surface area is 153 Å². The van der Waals surface area contributed by atoms with Crippen molar-refractivity contribution in [2.45, 2.75) is 39.2 Å². The molecule has 0 saturated carbocycles. The molecule has 1 aliphatic rings. The number of likely N-dealkylation sites (tertiary alicyclic amines) is 1. The molecule has 1 fully saturated rings. The molecule has 6 nitrogen and oxygen atoms in total. The Balaban J connectivity index is 1.47. The molecule has 0 bridgehead atoms. The molecule has 0 radical (unpaired) electrons. The lowest BCUT2D eigenvalue weighted by atomic mass is 9.93. The van der Waals surface area contributed by atoms with Crippen molar-refractivity contribution in [3.05, 3.63) is 53.4 Å². The number of hydrogen-bond donors (Lipinski definition) is 0. The number of aromatic nitrogens is 4. The van der Waals surface area contributed by atoms with Crippen LogP contribution in [0.4, 0.5) is 0 Å². The number of hydrogen-bond acceptors (Lipinski definition) is 5. The molecule has 1 saturated heterocycles. The van der Waals surface area contributed by atoms with Crippen molar-refractivity contribution in [2.24, 2.45) is 7.05 Å². The molecule has 4 rings (SSSR count). The fourth-order valence-corrected chi connectivity index (χ4v) is 3.91. The van der Waals surface area contributed by atoms with E-state index in [-0.39, 0.29) is 0 Å². The third kappa shape index (κ3) is 3.42. The van der Waals surface area contributed by atoms with Crippen LogP contribution in [0, 0.1) is 13.8 Å².